The van der Waals surface area contributed by atoms with Crippen molar-refractivity contribution < 1.29 is 4.74 Å². The van der Waals surface area contributed by atoms with Crippen molar-refractivity contribution in [2.45, 2.75) is 13.0 Å². The highest BCUT2D eigenvalue weighted by molar-refractivity contribution is 5.44. The van der Waals surface area contributed by atoms with Crippen LogP contribution in [-0.2, 0) is 0 Å². The van der Waals surface area contributed by atoms with Crippen LogP contribution in [0.4, 0.5) is 5.69 Å². The van der Waals surface area contributed by atoms with Crippen molar-refractivity contribution in [1.82, 2.24) is 0 Å². The second kappa shape index (κ2) is 5.24. The summed E-state index contributed by atoms with van der Waals surface area (Å²) in [6.07, 6.45) is -0.150. The Morgan fingerprint density at radius 2 is 1.94 bits per heavy atom. The van der Waals surface area contributed by atoms with Crippen LogP contribution in [0.2, 0.25) is 0 Å². The normalized spacial score (nSPS) is 11.6. The quantitative estimate of drug-likeness (QED) is 0.835. The van der Waals surface area contributed by atoms with Gasteiger partial charge in [-0.3, -0.25) is 0 Å². The summed E-state index contributed by atoms with van der Waals surface area (Å²) >= 11 is 0. The van der Waals surface area contributed by atoms with Gasteiger partial charge in [0.05, 0.1) is 5.56 Å². The molecule has 0 aromatic heterocycles. The van der Waals surface area contributed by atoms with Crippen LogP contribution in [0.25, 0.3) is 0 Å². The Balaban J connectivity index is 2.22. The lowest BCUT2D eigenvalue weighted by Gasteiger charge is -2.16. The Hall–Kier alpha value is -2.47. The summed E-state index contributed by atoms with van der Waals surface area (Å²) in [6.45, 7) is 1.93. The van der Waals surface area contributed by atoms with Crippen LogP contribution >= 0.6 is 0 Å². The molecule has 0 fully saturated rings. The van der Waals surface area contributed by atoms with Crippen molar-refractivity contribution in [3.05, 3.63) is 59.7 Å². The Labute approximate surface area is 106 Å². The number of rotatable bonds is 3. The molecule has 0 spiro atoms. The van der Waals surface area contributed by atoms with Gasteiger partial charge in [0.2, 0.25) is 0 Å². The second-order valence-electron chi connectivity index (χ2n) is 4.04. The summed E-state index contributed by atoms with van der Waals surface area (Å²) in [6, 6.07) is 16.9. The summed E-state index contributed by atoms with van der Waals surface area (Å²) in [5.41, 5.74) is 7.97. The predicted molar refractivity (Wildman–Crippen MR) is 71.1 cm³/mol. The number of anilines is 1. The maximum Gasteiger partial charge on any atom is 0.137 e. The number of ether oxygens (including phenoxy) is 1. The van der Waals surface area contributed by atoms with E-state index >= 15 is 0 Å². The van der Waals surface area contributed by atoms with E-state index in [9.17, 15) is 0 Å². The molecular weight excluding hydrogens is 224 g/mol. The predicted octanol–water partition coefficient (Wildman–Crippen LogP) is 3.28. The van der Waals surface area contributed by atoms with Crippen LogP contribution in [0.3, 0.4) is 0 Å². The van der Waals surface area contributed by atoms with Gasteiger partial charge in [0, 0.05) is 5.69 Å². The topological polar surface area (TPSA) is 59.0 Å². The van der Waals surface area contributed by atoms with E-state index in [4.69, 9.17) is 15.7 Å². The highest BCUT2D eigenvalue weighted by Crippen LogP contribution is 2.25. The van der Waals surface area contributed by atoms with E-state index in [-0.39, 0.29) is 6.10 Å². The molecule has 2 aromatic rings. The van der Waals surface area contributed by atoms with Gasteiger partial charge in [0.25, 0.3) is 0 Å². The van der Waals surface area contributed by atoms with E-state index in [1.807, 2.05) is 43.3 Å². The third kappa shape index (κ3) is 2.61. The zero-order valence-electron chi connectivity index (χ0n) is 10.1. The fraction of sp³-hybridized carbons (Fsp3) is 0.133. The van der Waals surface area contributed by atoms with Crippen LogP contribution in [0.1, 0.15) is 24.2 Å². The van der Waals surface area contributed by atoms with Crippen molar-refractivity contribution in [1.29, 1.82) is 5.26 Å². The molecule has 2 rings (SSSR count). The van der Waals surface area contributed by atoms with Gasteiger partial charge < -0.3 is 10.5 Å². The zero-order valence-corrected chi connectivity index (χ0v) is 10.1. The summed E-state index contributed by atoms with van der Waals surface area (Å²) in [4.78, 5) is 0. The van der Waals surface area contributed by atoms with E-state index in [0.717, 1.165) is 5.56 Å². The monoisotopic (exact) mass is 238 g/mol. The Kier molecular flexibility index (Phi) is 3.49. The molecule has 3 heteroatoms. The zero-order chi connectivity index (χ0) is 13.0. The van der Waals surface area contributed by atoms with E-state index in [2.05, 4.69) is 6.07 Å². The molecule has 3 nitrogen and oxygen atoms in total. The number of hydrogen-bond donors (Lipinski definition) is 1. The van der Waals surface area contributed by atoms with E-state index in [1.165, 1.54) is 0 Å². The first-order valence-corrected chi connectivity index (χ1v) is 5.72. The first kappa shape index (κ1) is 12.0. The summed E-state index contributed by atoms with van der Waals surface area (Å²) in [5, 5.41) is 9.00. The standard InChI is InChI=1S/C15H14N2O/c1-11(12-6-4-7-14(17)9-12)18-15-8-3-2-5-13(15)10-16/h2-9,11H,17H2,1H3. The van der Waals surface area contributed by atoms with Crippen LogP contribution < -0.4 is 10.5 Å². The van der Waals surface area contributed by atoms with Gasteiger partial charge in [-0.1, -0.05) is 24.3 Å². The van der Waals surface area contributed by atoms with Gasteiger partial charge >= 0.3 is 0 Å². The van der Waals surface area contributed by atoms with Gasteiger partial charge in [-0.25, -0.2) is 0 Å². The molecule has 0 saturated carbocycles. The van der Waals surface area contributed by atoms with Gasteiger partial charge in [0.15, 0.2) is 0 Å². The molecule has 1 unspecified atom stereocenters. The van der Waals surface area contributed by atoms with E-state index < -0.39 is 0 Å². The van der Waals surface area contributed by atoms with E-state index in [1.54, 1.807) is 12.1 Å². The van der Waals surface area contributed by atoms with Crippen molar-refractivity contribution >= 4 is 5.69 Å². The number of nitriles is 1. The van der Waals surface area contributed by atoms with Crippen LogP contribution in [0.15, 0.2) is 48.5 Å². The average Bonchev–Trinajstić information content (AvgIpc) is 2.39. The SMILES string of the molecule is CC(Oc1ccccc1C#N)c1cccc(N)c1. The summed E-state index contributed by atoms with van der Waals surface area (Å²) < 4.78 is 5.80. The smallest absolute Gasteiger partial charge is 0.137 e. The Morgan fingerprint density at radius 3 is 2.67 bits per heavy atom. The van der Waals surface area contributed by atoms with Crippen molar-refractivity contribution in [2.75, 3.05) is 5.73 Å². The minimum atomic E-state index is -0.150. The lowest BCUT2D eigenvalue weighted by atomic mass is 10.1. The molecule has 0 aliphatic rings. The number of para-hydroxylation sites is 1. The molecule has 90 valence electrons. The lowest BCUT2D eigenvalue weighted by molar-refractivity contribution is 0.226. The molecule has 0 bridgehead atoms. The lowest BCUT2D eigenvalue weighted by Crippen LogP contribution is -2.04. The molecule has 2 N–H and O–H groups in total. The van der Waals surface area contributed by atoms with E-state index in [0.29, 0.717) is 17.0 Å². The molecule has 0 radical (unpaired) electrons. The first-order chi connectivity index (χ1) is 8.70. The number of nitrogen functional groups attached to an aromatic ring is 1. The highest BCUT2D eigenvalue weighted by atomic mass is 16.5. The van der Waals surface area contributed by atoms with Crippen LogP contribution in [-0.4, -0.2) is 0 Å². The second-order valence-corrected chi connectivity index (χ2v) is 4.04. The third-order valence-electron chi connectivity index (χ3n) is 2.69. The molecule has 0 amide bonds. The largest absolute Gasteiger partial charge is 0.485 e. The van der Waals surface area contributed by atoms with Gasteiger partial charge in [0.1, 0.15) is 17.9 Å². The van der Waals surface area contributed by atoms with Crippen LogP contribution in [0, 0.1) is 11.3 Å². The number of nitrogens with zero attached hydrogens (tertiary/aromatic N) is 1. The van der Waals surface area contributed by atoms with Crippen LogP contribution in [0.5, 0.6) is 5.75 Å². The summed E-state index contributed by atoms with van der Waals surface area (Å²) in [5.74, 6) is 0.593. The fourth-order valence-electron chi connectivity index (χ4n) is 1.73. The molecule has 1 atom stereocenters. The minimum Gasteiger partial charge on any atom is -0.485 e. The third-order valence-corrected chi connectivity index (χ3v) is 2.69. The molecule has 0 aliphatic carbocycles. The summed E-state index contributed by atoms with van der Waals surface area (Å²) in [7, 11) is 0. The fourth-order valence-corrected chi connectivity index (χ4v) is 1.73. The Morgan fingerprint density at radius 1 is 1.17 bits per heavy atom. The van der Waals surface area contributed by atoms with Gasteiger partial charge in [-0.15, -0.1) is 0 Å². The molecule has 18 heavy (non-hydrogen) atoms. The minimum absolute atomic E-state index is 0.150. The molecule has 0 saturated heterocycles. The van der Waals surface area contributed by atoms with Crippen molar-refractivity contribution in [3.63, 3.8) is 0 Å². The van der Waals surface area contributed by atoms with Gasteiger partial charge in [-0.2, -0.15) is 5.26 Å². The first-order valence-electron chi connectivity index (χ1n) is 5.72. The Bertz CT molecular complexity index is 587. The molecular formula is C15H14N2O. The average molecular weight is 238 g/mol. The maximum absolute atomic E-state index is 9.00. The molecule has 2 aromatic carbocycles. The highest BCUT2D eigenvalue weighted by Gasteiger charge is 2.10. The van der Waals surface area contributed by atoms with Crippen molar-refractivity contribution in [2.24, 2.45) is 0 Å². The number of benzene rings is 2. The maximum atomic E-state index is 9.00. The van der Waals surface area contributed by atoms with Crippen molar-refractivity contribution in [3.8, 4) is 11.8 Å². The number of hydrogen-bond acceptors (Lipinski definition) is 3. The molecule has 0 aliphatic heterocycles. The van der Waals surface area contributed by atoms with Gasteiger partial charge in [-0.05, 0) is 36.8 Å². The number of nitrogens with two attached hydrogens (primary N) is 1. The molecule has 0 heterocycles.